The first kappa shape index (κ1) is 16.5. The molecule has 120 valence electrons. The van der Waals surface area contributed by atoms with Gasteiger partial charge in [0.25, 0.3) is 0 Å². The van der Waals surface area contributed by atoms with E-state index in [1.54, 1.807) is 0 Å². The van der Waals surface area contributed by atoms with Gasteiger partial charge in [-0.2, -0.15) is 0 Å². The Labute approximate surface area is 130 Å². The molecule has 0 aromatic heterocycles. The van der Waals surface area contributed by atoms with E-state index in [1.807, 2.05) is 26.0 Å². The Kier molecular flexibility index (Phi) is 4.86. The second kappa shape index (κ2) is 6.48. The van der Waals surface area contributed by atoms with Crippen LogP contribution in [0.2, 0.25) is 0 Å². The fourth-order valence-corrected chi connectivity index (χ4v) is 3.05. The zero-order valence-electron chi connectivity index (χ0n) is 13.2. The highest BCUT2D eigenvalue weighted by Gasteiger charge is 2.42. The number of fused-ring (bicyclic) bond motifs is 1. The maximum absolute atomic E-state index is 11.7. The molecule has 1 aliphatic carbocycles. The molecular formula is C17H22O5. The van der Waals surface area contributed by atoms with E-state index in [2.05, 4.69) is 6.58 Å². The fourth-order valence-electron chi connectivity index (χ4n) is 3.05. The van der Waals surface area contributed by atoms with E-state index in [9.17, 15) is 14.7 Å². The lowest BCUT2D eigenvalue weighted by Crippen LogP contribution is -2.29. The van der Waals surface area contributed by atoms with Crippen LogP contribution in [-0.2, 0) is 19.1 Å². The Hall–Kier alpha value is -1.88. The van der Waals surface area contributed by atoms with Crippen molar-refractivity contribution in [2.75, 3.05) is 0 Å². The van der Waals surface area contributed by atoms with Crippen molar-refractivity contribution in [1.82, 2.24) is 0 Å². The molecule has 0 bridgehead atoms. The summed E-state index contributed by atoms with van der Waals surface area (Å²) in [4.78, 5) is 22.9. The van der Waals surface area contributed by atoms with Crippen molar-refractivity contribution in [1.29, 1.82) is 0 Å². The van der Waals surface area contributed by atoms with Gasteiger partial charge < -0.3 is 14.6 Å². The summed E-state index contributed by atoms with van der Waals surface area (Å²) in [5.41, 5.74) is 2.15. The second-order valence-electron chi connectivity index (χ2n) is 6.07. The van der Waals surface area contributed by atoms with Gasteiger partial charge in [0.15, 0.2) is 0 Å². The predicted octanol–water partition coefficient (Wildman–Crippen LogP) is 2.06. The molecule has 0 saturated carbocycles. The number of aliphatic hydroxyl groups is 1. The Bertz CT molecular complexity index is 557. The molecule has 4 atom stereocenters. The first-order chi connectivity index (χ1) is 10.3. The van der Waals surface area contributed by atoms with Crippen LogP contribution in [0.25, 0.3) is 0 Å². The Morgan fingerprint density at radius 2 is 1.95 bits per heavy atom. The van der Waals surface area contributed by atoms with Gasteiger partial charge in [-0.05, 0) is 32.4 Å². The van der Waals surface area contributed by atoms with Gasteiger partial charge in [-0.3, -0.25) is 4.79 Å². The highest BCUT2D eigenvalue weighted by atomic mass is 16.6. The van der Waals surface area contributed by atoms with Gasteiger partial charge in [0.1, 0.15) is 12.2 Å². The smallest absolute Gasteiger partial charge is 0.334 e. The number of hydrogen-bond acceptors (Lipinski definition) is 5. The molecule has 0 unspecified atom stereocenters. The van der Waals surface area contributed by atoms with Crippen molar-refractivity contribution in [3.63, 3.8) is 0 Å². The van der Waals surface area contributed by atoms with E-state index >= 15 is 0 Å². The summed E-state index contributed by atoms with van der Waals surface area (Å²) in [7, 11) is 0. The molecule has 0 aromatic rings. The normalized spacial score (nSPS) is 34.9. The molecule has 0 spiro atoms. The van der Waals surface area contributed by atoms with Crippen LogP contribution < -0.4 is 0 Å². The molecule has 0 radical (unpaired) electrons. The lowest BCUT2D eigenvalue weighted by atomic mass is 9.85. The van der Waals surface area contributed by atoms with E-state index in [0.717, 1.165) is 11.1 Å². The van der Waals surface area contributed by atoms with Crippen molar-refractivity contribution in [3.05, 3.63) is 35.5 Å². The number of rotatable bonds is 1. The van der Waals surface area contributed by atoms with Crippen LogP contribution in [0.5, 0.6) is 0 Å². The SMILES string of the molecule is C=C1C(=O)O[C@@H]2/C=C(/C)C[C@@H](OC(C)=O)C=C(C)C[C@H](O)[C@H]12. The standard InChI is InChI=1S/C17H22O5/c1-9-5-13(21-12(4)18)6-10(2)8-15-16(14(19)7-9)11(3)17(20)22-15/h5,8,13-16,19H,3,6-7H2,1-2,4H3/b9-5?,10-8-/t13-,14-,15+,16-/m0/s1. The van der Waals surface area contributed by atoms with Crippen molar-refractivity contribution in [2.45, 2.75) is 51.9 Å². The lowest BCUT2D eigenvalue weighted by Gasteiger charge is -2.24. The Balaban J connectivity index is 2.33. The number of carbonyl (C=O) groups is 2. The van der Waals surface area contributed by atoms with Crippen LogP contribution in [0, 0.1) is 5.92 Å². The van der Waals surface area contributed by atoms with Gasteiger partial charge in [0, 0.05) is 18.9 Å². The molecule has 1 aliphatic heterocycles. The van der Waals surface area contributed by atoms with Crippen LogP contribution in [0.15, 0.2) is 35.5 Å². The van der Waals surface area contributed by atoms with Gasteiger partial charge >= 0.3 is 11.9 Å². The number of hydrogen-bond donors (Lipinski definition) is 1. The molecule has 0 amide bonds. The second-order valence-corrected chi connectivity index (χ2v) is 6.07. The number of aliphatic hydroxyl groups excluding tert-OH is 1. The van der Waals surface area contributed by atoms with Gasteiger partial charge in [-0.15, -0.1) is 0 Å². The summed E-state index contributed by atoms with van der Waals surface area (Å²) in [6.45, 7) is 8.88. The third-order valence-corrected chi connectivity index (χ3v) is 3.97. The molecule has 5 nitrogen and oxygen atoms in total. The van der Waals surface area contributed by atoms with Gasteiger partial charge in [-0.25, -0.2) is 4.79 Å². The molecule has 1 N–H and O–H groups in total. The maximum Gasteiger partial charge on any atom is 0.334 e. The highest BCUT2D eigenvalue weighted by Crippen LogP contribution is 2.34. The minimum absolute atomic E-state index is 0.312. The molecule has 0 aromatic carbocycles. The minimum Gasteiger partial charge on any atom is -0.458 e. The first-order valence-corrected chi connectivity index (χ1v) is 7.37. The Morgan fingerprint density at radius 1 is 1.32 bits per heavy atom. The largest absolute Gasteiger partial charge is 0.458 e. The van der Waals surface area contributed by atoms with Gasteiger partial charge in [0.05, 0.1) is 12.0 Å². The van der Waals surface area contributed by atoms with Crippen LogP contribution >= 0.6 is 0 Å². The number of carbonyl (C=O) groups excluding carboxylic acids is 2. The Morgan fingerprint density at radius 3 is 2.59 bits per heavy atom. The third kappa shape index (κ3) is 3.65. The van der Waals surface area contributed by atoms with E-state index in [-0.39, 0.29) is 12.1 Å². The van der Waals surface area contributed by atoms with E-state index in [4.69, 9.17) is 9.47 Å². The molecule has 5 heteroatoms. The molecule has 2 rings (SSSR count). The summed E-state index contributed by atoms with van der Waals surface area (Å²) < 4.78 is 10.6. The lowest BCUT2D eigenvalue weighted by molar-refractivity contribution is -0.144. The quantitative estimate of drug-likeness (QED) is 0.456. The van der Waals surface area contributed by atoms with Crippen molar-refractivity contribution in [2.24, 2.45) is 5.92 Å². The van der Waals surface area contributed by atoms with E-state index < -0.39 is 24.1 Å². The average molecular weight is 306 g/mol. The number of ether oxygens (including phenoxy) is 2. The van der Waals surface area contributed by atoms with Crippen molar-refractivity contribution < 1.29 is 24.2 Å². The van der Waals surface area contributed by atoms with Crippen LogP contribution in [0.4, 0.5) is 0 Å². The summed E-state index contributed by atoms with van der Waals surface area (Å²) in [5.74, 6) is -1.25. The molecule has 2 aliphatic rings. The number of esters is 2. The summed E-state index contributed by atoms with van der Waals surface area (Å²) in [6, 6.07) is 0. The fraction of sp³-hybridized carbons (Fsp3) is 0.529. The van der Waals surface area contributed by atoms with Crippen LogP contribution in [0.3, 0.4) is 0 Å². The summed E-state index contributed by atoms with van der Waals surface area (Å²) in [5, 5.41) is 10.4. The molecular weight excluding hydrogens is 284 g/mol. The van der Waals surface area contributed by atoms with Gasteiger partial charge in [0.2, 0.25) is 0 Å². The molecule has 1 saturated heterocycles. The average Bonchev–Trinajstić information content (AvgIpc) is 2.62. The zero-order valence-corrected chi connectivity index (χ0v) is 13.2. The maximum atomic E-state index is 11.7. The van der Waals surface area contributed by atoms with E-state index in [1.165, 1.54) is 6.92 Å². The summed E-state index contributed by atoms with van der Waals surface area (Å²) in [6.07, 6.45) is 2.91. The minimum atomic E-state index is -0.764. The molecule has 1 heterocycles. The third-order valence-electron chi connectivity index (χ3n) is 3.97. The first-order valence-electron chi connectivity index (χ1n) is 7.37. The predicted molar refractivity (Wildman–Crippen MR) is 80.8 cm³/mol. The van der Waals surface area contributed by atoms with Crippen LogP contribution in [-0.4, -0.2) is 35.4 Å². The molecule has 22 heavy (non-hydrogen) atoms. The van der Waals surface area contributed by atoms with Crippen molar-refractivity contribution in [3.8, 4) is 0 Å². The molecule has 1 fully saturated rings. The van der Waals surface area contributed by atoms with Crippen molar-refractivity contribution >= 4 is 11.9 Å². The zero-order chi connectivity index (χ0) is 16.4. The topological polar surface area (TPSA) is 72.8 Å². The van der Waals surface area contributed by atoms with Crippen LogP contribution in [0.1, 0.15) is 33.6 Å². The monoisotopic (exact) mass is 306 g/mol. The van der Waals surface area contributed by atoms with E-state index in [0.29, 0.717) is 18.4 Å². The highest BCUT2D eigenvalue weighted by molar-refractivity contribution is 5.91. The van der Waals surface area contributed by atoms with Gasteiger partial charge in [-0.1, -0.05) is 17.7 Å². The summed E-state index contributed by atoms with van der Waals surface area (Å²) >= 11 is 0.